The number of aryl methyl sites for hydroxylation is 1. The van der Waals surface area contributed by atoms with Gasteiger partial charge in [-0.25, -0.2) is 4.98 Å². The summed E-state index contributed by atoms with van der Waals surface area (Å²) in [7, 11) is 0. The van der Waals surface area contributed by atoms with Crippen LogP contribution in [0.2, 0.25) is 0 Å². The van der Waals surface area contributed by atoms with E-state index in [0.29, 0.717) is 17.7 Å². The number of hydrogen-bond acceptors (Lipinski definition) is 3. The van der Waals surface area contributed by atoms with Crippen molar-refractivity contribution in [2.24, 2.45) is 0 Å². The normalized spacial score (nSPS) is 10.1. The molecule has 0 amide bonds. The lowest BCUT2D eigenvalue weighted by Gasteiger charge is -2.04. The van der Waals surface area contributed by atoms with Crippen molar-refractivity contribution in [2.45, 2.75) is 6.92 Å². The fourth-order valence-corrected chi connectivity index (χ4v) is 1.46. The molecule has 2 aromatic heterocycles. The van der Waals surface area contributed by atoms with E-state index in [1.165, 1.54) is 6.07 Å². The predicted molar refractivity (Wildman–Crippen MR) is 60.4 cm³/mol. The van der Waals surface area contributed by atoms with Gasteiger partial charge in [-0.05, 0) is 24.6 Å². The Bertz CT molecular complexity index is 567. The molecule has 1 N–H and O–H groups in total. The minimum absolute atomic E-state index is 0.159. The van der Waals surface area contributed by atoms with Crippen molar-refractivity contribution in [1.82, 2.24) is 9.97 Å². The summed E-state index contributed by atoms with van der Waals surface area (Å²) in [6.07, 6.45) is 2.29. The van der Waals surface area contributed by atoms with Gasteiger partial charge < -0.3 is 4.98 Å². The van der Waals surface area contributed by atoms with E-state index in [1.54, 1.807) is 18.3 Å². The van der Waals surface area contributed by atoms with Crippen LogP contribution in [-0.4, -0.2) is 16.3 Å². The first-order valence-electron chi connectivity index (χ1n) is 4.82. The maximum absolute atomic E-state index is 10.9. The fraction of sp³-hybridized carbons (Fsp3) is 0.0833. The zero-order valence-electron chi connectivity index (χ0n) is 8.73. The zero-order valence-corrected chi connectivity index (χ0v) is 8.73. The van der Waals surface area contributed by atoms with Gasteiger partial charge in [0.1, 0.15) is 5.69 Å². The molecular weight excluding hydrogens is 204 g/mol. The van der Waals surface area contributed by atoms with E-state index in [1.807, 2.05) is 13.0 Å². The zero-order chi connectivity index (χ0) is 11.5. The lowest BCUT2D eigenvalue weighted by Crippen LogP contribution is -2.02. The maximum Gasteiger partial charge on any atom is 0.247 e. The molecule has 0 radical (unpaired) electrons. The van der Waals surface area contributed by atoms with E-state index in [-0.39, 0.29) is 5.56 Å². The lowest BCUT2D eigenvalue weighted by molar-refractivity contribution is 0.111. The van der Waals surface area contributed by atoms with Gasteiger partial charge in [-0.3, -0.25) is 9.59 Å². The Morgan fingerprint density at radius 3 is 2.69 bits per heavy atom. The molecule has 0 fully saturated rings. The third-order valence-electron chi connectivity index (χ3n) is 2.30. The molecule has 0 aromatic carbocycles. The Balaban J connectivity index is 2.58. The van der Waals surface area contributed by atoms with Crippen molar-refractivity contribution < 1.29 is 4.79 Å². The van der Waals surface area contributed by atoms with Crippen molar-refractivity contribution in [3.8, 4) is 11.3 Å². The largest absolute Gasteiger partial charge is 0.328 e. The minimum atomic E-state index is -0.159. The van der Waals surface area contributed by atoms with Gasteiger partial charge in [0.05, 0.1) is 5.69 Å². The summed E-state index contributed by atoms with van der Waals surface area (Å²) in [6, 6.07) is 6.61. The topological polar surface area (TPSA) is 62.8 Å². The van der Waals surface area contributed by atoms with Gasteiger partial charge in [-0.1, -0.05) is 6.07 Å². The lowest BCUT2D eigenvalue weighted by atomic mass is 10.1. The Kier molecular flexibility index (Phi) is 2.64. The van der Waals surface area contributed by atoms with Crippen LogP contribution >= 0.6 is 0 Å². The van der Waals surface area contributed by atoms with Gasteiger partial charge in [0.25, 0.3) is 0 Å². The Morgan fingerprint density at radius 1 is 1.25 bits per heavy atom. The number of carbonyl (C=O) groups is 1. The predicted octanol–water partition coefficient (Wildman–Crippen LogP) is 1.56. The Morgan fingerprint density at radius 2 is 2.06 bits per heavy atom. The van der Waals surface area contributed by atoms with Crippen LogP contribution in [0.1, 0.15) is 16.1 Å². The second-order valence-corrected chi connectivity index (χ2v) is 3.46. The number of nitrogens with one attached hydrogen (secondary N) is 1. The van der Waals surface area contributed by atoms with E-state index in [2.05, 4.69) is 9.97 Å². The average Bonchev–Trinajstić information content (AvgIpc) is 2.31. The summed E-state index contributed by atoms with van der Waals surface area (Å²) in [6.45, 7) is 1.90. The summed E-state index contributed by atoms with van der Waals surface area (Å²) in [5, 5.41) is 0. The average molecular weight is 214 g/mol. The van der Waals surface area contributed by atoms with Crippen LogP contribution in [0.4, 0.5) is 0 Å². The van der Waals surface area contributed by atoms with Crippen LogP contribution in [0.25, 0.3) is 11.3 Å². The smallest absolute Gasteiger partial charge is 0.247 e. The molecule has 0 spiro atoms. The molecule has 0 atom stereocenters. The quantitative estimate of drug-likeness (QED) is 0.771. The van der Waals surface area contributed by atoms with Crippen LogP contribution in [0.3, 0.4) is 0 Å². The molecule has 0 aliphatic carbocycles. The SMILES string of the molecule is Cc1ccc(C=O)nc1-c1ccc(=O)[nH]c1. The van der Waals surface area contributed by atoms with Crippen molar-refractivity contribution in [2.75, 3.05) is 0 Å². The number of hydrogen-bond donors (Lipinski definition) is 1. The molecule has 0 unspecified atom stereocenters. The molecule has 4 nitrogen and oxygen atoms in total. The Hall–Kier alpha value is -2.23. The van der Waals surface area contributed by atoms with Crippen LogP contribution in [0, 0.1) is 6.92 Å². The molecular formula is C12H10N2O2. The van der Waals surface area contributed by atoms with E-state index in [4.69, 9.17) is 0 Å². The number of aromatic amines is 1. The highest BCUT2D eigenvalue weighted by atomic mass is 16.1. The highest BCUT2D eigenvalue weighted by Gasteiger charge is 2.04. The summed E-state index contributed by atoms with van der Waals surface area (Å²) in [5.74, 6) is 0. The van der Waals surface area contributed by atoms with Crippen molar-refractivity contribution >= 4 is 6.29 Å². The first-order chi connectivity index (χ1) is 7.70. The Labute approximate surface area is 92.0 Å². The molecule has 0 saturated carbocycles. The number of nitrogens with zero attached hydrogens (tertiary/aromatic N) is 1. The van der Waals surface area contributed by atoms with E-state index in [9.17, 15) is 9.59 Å². The highest BCUT2D eigenvalue weighted by Crippen LogP contribution is 2.19. The summed E-state index contributed by atoms with van der Waals surface area (Å²) in [4.78, 5) is 28.3. The van der Waals surface area contributed by atoms with Gasteiger partial charge >= 0.3 is 0 Å². The number of pyridine rings is 2. The number of rotatable bonds is 2. The minimum Gasteiger partial charge on any atom is -0.328 e. The molecule has 0 aliphatic rings. The van der Waals surface area contributed by atoms with Gasteiger partial charge in [0.15, 0.2) is 6.29 Å². The monoisotopic (exact) mass is 214 g/mol. The van der Waals surface area contributed by atoms with Gasteiger partial charge in [0.2, 0.25) is 5.56 Å². The number of aldehydes is 1. The van der Waals surface area contributed by atoms with E-state index in [0.717, 1.165) is 11.1 Å². The molecule has 2 heterocycles. The molecule has 2 aromatic rings. The fourth-order valence-electron chi connectivity index (χ4n) is 1.46. The molecule has 0 aliphatic heterocycles. The molecule has 4 heteroatoms. The second kappa shape index (κ2) is 4.10. The van der Waals surface area contributed by atoms with Crippen LogP contribution in [-0.2, 0) is 0 Å². The maximum atomic E-state index is 10.9. The molecule has 0 saturated heterocycles. The molecule has 2 rings (SSSR count). The molecule has 16 heavy (non-hydrogen) atoms. The van der Waals surface area contributed by atoms with Crippen molar-refractivity contribution in [3.05, 3.63) is 52.1 Å². The number of carbonyl (C=O) groups excluding carboxylic acids is 1. The van der Waals surface area contributed by atoms with Crippen molar-refractivity contribution in [3.63, 3.8) is 0 Å². The molecule has 0 bridgehead atoms. The van der Waals surface area contributed by atoms with Crippen LogP contribution in [0.5, 0.6) is 0 Å². The second-order valence-electron chi connectivity index (χ2n) is 3.46. The first kappa shape index (κ1) is 10.3. The first-order valence-corrected chi connectivity index (χ1v) is 4.82. The molecule has 80 valence electrons. The summed E-state index contributed by atoms with van der Waals surface area (Å²) < 4.78 is 0. The highest BCUT2D eigenvalue weighted by molar-refractivity contribution is 5.74. The van der Waals surface area contributed by atoms with Gasteiger partial charge in [0, 0.05) is 17.8 Å². The standard InChI is InChI=1S/C12H10N2O2/c1-8-2-4-10(7-15)14-12(8)9-3-5-11(16)13-6-9/h2-7H,1H3,(H,13,16). The van der Waals surface area contributed by atoms with Gasteiger partial charge in [-0.15, -0.1) is 0 Å². The van der Waals surface area contributed by atoms with Crippen molar-refractivity contribution in [1.29, 1.82) is 0 Å². The van der Waals surface area contributed by atoms with Crippen LogP contribution < -0.4 is 5.56 Å². The third kappa shape index (κ3) is 1.91. The summed E-state index contributed by atoms with van der Waals surface area (Å²) in [5.41, 5.74) is 2.68. The summed E-state index contributed by atoms with van der Waals surface area (Å²) >= 11 is 0. The number of aromatic nitrogens is 2. The van der Waals surface area contributed by atoms with E-state index < -0.39 is 0 Å². The number of H-pyrrole nitrogens is 1. The van der Waals surface area contributed by atoms with Crippen LogP contribution in [0.15, 0.2) is 35.3 Å². The van der Waals surface area contributed by atoms with E-state index >= 15 is 0 Å². The third-order valence-corrected chi connectivity index (χ3v) is 2.30. The van der Waals surface area contributed by atoms with Gasteiger partial charge in [-0.2, -0.15) is 0 Å².